The molecule has 1 atom stereocenters. The number of likely N-dealkylation sites (tertiary alicyclic amines) is 2. The fourth-order valence-corrected chi connectivity index (χ4v) is 5.23. The minimum absolute atomic E-state index is 0.117. The number of piperidine rings is 2. The summed E-state index contributed by atoms with van der Waals surface area (Å²) < 4.78 is 5.63. The van der Waals surface area contributed by atoms with Gasteiger partial charge in [-0.2, -0.15) is 0 Å². The monoisotopic (exact) mass is 442 g/mol. The number of rotatable bonds is 6. The highest BCUT2D eigenvalue weighted by molar-refractivity contribution is 6.07. The number of urea groups is 1. The highest BCUT2D eigenvalue weighted by atomic mass is 16.5. The van der Waals surface area contributed by atoms with Gasteiger partial charge in [-0.05, 0) is 57.7 Å². The first-order valence-corrected chi connectivity index (χ1v) is 11.9. The van der Waals surface area contributed by atoms with Crippen LogP contribution in [0.15, 0.2) is 24.3 Å². The first kappa shape index (κ1) is 22.6. The van der Waals surface area contributed by atoms with E-state index < -0.39 is 5.54 Å². The van der Waals surface area contributed by atoms with E-state index in [4.69, 9.17) is 4.74 Å². The molecule has 0 radical (unpaired) electrons. The first-order valence-electron chi connectivity index (χ1n) is 11.9. The molecule has 1 aromatic rings. The van der Waals surface area contributed by atoms with Crippen LogP contribution in [0.3, 0.4) is 0 Å². The Morgan fingerprint density at radius 1 is 1.16 bits per heavy atom. The predicted molar refractivity (Wildman–Crippen MR) is 121 cm³/mol. The molecule has 4 rings (SSSR count). The first-order chi connectivity index (χ1) is 15.5. The molecule has 3 aliphatic rings. The van der Waals surface area contributed by atoms with Crippen LogP contribution in [0.25, 0.3) is 0 Å². The van der Waals surface area contributed by atoms with Crippen molar-refractivity contribution in [2.45, 2.75) is 57.5 Å². The fourth-order valence-electron chi connectivity index (χ4n) is 5.23. The molecule has 0 aromatic heterocycles. The Morgan fingerprint density at radius 3 is 2.62 bits per heavy atom. The van der Waals surface area contributed by atoms with Crippen molar-refractivity contribution in [3.63, 3.8) is 0 Å². The molecule has 8 heteroatoms. The fraction of sp³-hybridized carbons (Fsp3) is 0.625. The number of hydrogen-bond donors (Lipinski definition) is 1. The van der Waals surface area contributed by atoms with Crippen LogP contribution in [0, 0.1) is 0 Å². The highest BCUT2D eigenvalue weighted by Gasteiger charge is 2.54. The Labute approximate surface area is 189 Å². The lowest BCUT2D eigenvalue weighted by Gasteiger charge is -2.39. The van der Waals surface area contributed by atoms with E-state index in [1.807, 2.05) is 19.1 Å². The van der Waals surface area contributed by atoms with Crippen LogP contribution in [-0.2, 0) is 4.79 Å². The third kappa shape index (κ3) is 4.20. The van der Waals surface area contributed by atoms with E-state index in [2.05, 4.69) is 17.1 Å². The highest BCUT2D eigenvalue weighted by Crippen LogP contribution is 2.33. The Bertz CT molecular complexity index is 865. The number of amides is 4. The van der Waals surface area contributed by atoms with Crippen molar-refractivity contribution in [3.8, 4) is 5.75 Å². The summed E-state index contributed by atoms with van der Waals surface area (Å²) >= 11 is 0. The van der Waals surface area contributed by atoms with Crippen LogP contribution in [-0.4, -0.2) is 83.5 Å². The number of ether oxygens (including phenoxy) is 1. The molecule has 1 N–H and O–H groups in total. The molecule has 3 aliphatic heterocycles. The zero-order valence-corrected chi connectivity index (χ0v) is 19.1. The number of hydrogen-bond acceptors (Lipinski definition) is 5. The van der Waals surface area contributed by atoms with Gasteiger partial charge in [0.25, 0.3) is 11.8 Å². The predicted octanol–water partition coefficient (Wildman–Crippen LogP) is 2.49. The van der Waals surface area contributed by atoms with E-state index in [9.17, 15) is 14.4 Å². The van der Waals surface area contributed by atoms with Gasteiger partial charge in [-0.25, -0.2) is 4.79 Å². The lowest BCUT2D eigenvalue weighted by atomic mass is 9.87. The van der Waals surface area contributed by atoms with Gasteiger partial charge in [-0.15, -0.1) is 0 Å². The summed E-state index contributed by atoms with van der Waals surface area (Å²) in [5.41, 5.74) is -0.262. The lowest BCUT2D eigenvalue weighted by Crippen LogP contribution is -2.56. The molecule has 8 nitrogen and oxygen atoms in total. The maximum atomic E-state index is 13.4. The average Bonchev–Trinajstić information content (AvgIpc) is 3.05. The van der Waals surface area contributed by atoms with Gasteiger partial charge in [0.2, 0.25) is 0 Å². The van der Waals surface area contributed by atoms with Gasteiger partial charge in [0, 0.05) is 26.2 Å². The topological polar surface area (TPSA) is 82.2 Å². The molecule has 3 heterocycles. The molecule has 0 aliphatic carbocycles. The smallest absolute Gasteiger partial charge is 0.325 e. The summed E-state index contributed by atoms with van der Waals surface area (Å²) in [7, 11) is 0. The molecule has 1 aromatic carbocycles. The molecular formula is C24H34N4O4. The second kappa shape index (κ2) is 9.48. The minimum Gasteiger partial charge on any atom is -0.493 e. The molecule has 4 amide bonds. The summed E-state index contributed by atoms with van der Waals surface area (Å²) in [5, 5.41) is 3.02. The van der Waals surface area contributed by atoms with Gasteiger partial charge in [0.15, 0.2) is 0 Å². The molecule has 0 bridgehead atoms. The minimum atomic E-state index is -0.783. The molecule has 1 spiro atoms. The molecule has 0 unspecified atom stereocenters. The van der Waals surface area contributed by atoms with Crippen LogP contribution in [0.1, 0.15) is 56.3 Å². The zero-order valence-electron chi connectivity index (χ0n) is 19.1. The van der Waals surface area contributed by atoms with Crippen LogP contribution < -0.4 is 10.1 Å². The zero-order chi connectivity index (χ0) is 22.7. The van der Waals surface area contributed by atoms with E-state index in [1.165, 1.54) is 4.90 Å². The quantitative estimate of drug-likeness (QED) is 0.685. The summed E-state index contributed by atoms with van der Waals surface area (Å²) in [5.74, 6) is 0.330. The second-order valence-corrected chi connectivity index (χ2v) is 9.01. The summed E-state index contributed by atoms with van der Waals surface area (Å²) in [6, 6.07) is 6.62. The molecule has 174 valence electrons. The molecule has 3 saturated heterocycles. The Morgan fingerprint density at radius 2 is 1.91 bits per heavy atom. The number of imide groups is 1. The number of carbonyl (C=O) groups is 3. The lowest BCUT2D eigenvalue weighted by molar-refractivity contribution is -0.135. The third-order valence-corrected chi connectivity index (χ3v) is 6.91. The van der Waals surface area contributed by atoms with E-state index in [0.29, 0.717) is 50.3 Å². The van der Waals surface area contributed by atoms with Crippen molar-refractivity contribution in [2.24, 2.45) is 0 Å². The summed E-state index contributed by atoms with van der Waals surface area (Å²) in [6.07, 6.45) is 3.84. The molecular weight excluding hydrogens is 408 g/mol. The number of nitrogens with zero attached hydrogens (tertiary/aromatic N) is 3. The van der Waals surface area contributed by atoms with E-state index in [0.717, 1.165) is 32.5 Å². The normalized spacial score (nSPS) is 23.5. The van der Waals surface area contributed by atoms with Crippen LogP contribution >= 0.6 is 0 Å². The number of carbonyl (C=O) groups excluding carboxylic acids is 3. The average molecular weight is 443 g/mol. The van der Waals surface area contributed by atoms with E-state index >= 15 is 0 Å². The summed E-state index contributed by atoms with van der Waals surface area (Å²) in [4.78, 5) is 45.1. The second-order valence-electron chi connectivity index (χ2n) is 9.01. The van der Waals surface area contributed by atoms with Crippen molar-refractivity contribution < 1.29 is 19.1 Å². The van der Waals surface area contributed by atoms with E-state index in [-0.39, 0.29) is 23.9 Å². The van der Waals surface area contributed by atoms with Crippen molar-refractivity contribution >= 4 is 17.8 Å². The maximum absolute atomic E-state index is 13.4. The van der Waals surface area contributed by atoms with Crippen molar-refractivity contribution in [1.82, 2.24) is 20.0 Å². The van der Waals surface area contributed by atoms with E-state index in [1.54, 1.807) is 17.0 Å². The number of para-hydroxylation sites is 1. The van der Waals surface area contributed by atoms with Crippen LogP contribution in [0.2, 0.25) is 0 Å². The van der Waals surface area contributed by atoms with Gasteiger partial charge < -0.3 is 19.9 Å². The van der Waals surface area contributed by atoms with Gasteiger partial charge in [0.1, 0.15) is 11.3 Å². The van der Waals surface area contributed by atoms with Gasteiger partial charge in [-0.1, -0.05) is 19.1 Å². The van der Waals surface area contributed by atoms with Crippen molar-refractivity contribution in [1.29, 1.82) is 0 Å². The molecule has 3 fully saturated rings. The third-order valence-electron chi connectivity index (χ3n) is 6.91. The Kier molecular flexibility index (Phi) is 6.69. The van der Waals surface area contributed by atoms with Crippen molar-refractivity contribution in [3.05, 3.63) is 29.8 Å². The SMILES string of the molecule is CCCN1CCC2(CC1)NC(=O)N([C@@H]1CCCN(C(=O)c3ccccc3OCC)C1)C2=O. The van der Waals surface area contributed by atoms with Gasteiger partial charge in [-0.3, -0.25) is 14.5 Å². The van der Waals surface area contributed by atoms with Crippen molar-refractivity contribution in [2.75, 3.05) is 39.3 Å². The molecule has 0 saturated carbocycles. The standard InChI is InChI=1S/C24H34N4O4/c1-3-13-26-15-11-24(12-16-26)22(30)28(23(31)25-24)18-8-7-14-27(17-18)21(29)19-9-5-6-10-20(19)32-4-2/h5-6,9-10,18H,3-4,7-8,11-17H2,1-2H3,(H,25,31)/t18-/m1/s1. The summed E-state index contributed by atoms with van der Waals surface area (Å²) in [6.45, 7) is 8.13. The Hall–Kier alpha value is -2.61. The van der Waals surface area contributed by atoms with Crippen LogP contribution in [0.5, 0.6) is 5.75 Å². The maximum Gasteiger partial charge on any atom is 0.325 e. The van der Waals surface area contributed by atoms with Crippen LogP contribution in [0.4, 0.5) is 4.79 Å². The molecule has 32 heavy (non-hydrogen) atoms. The largest absolute Gasteiger partial charge is 0.493 e. The van der Waals surface area contributed by atoms with Gasteiger partial charge >= 0.3 is 6.03 Å². The number of benzene rings is 1. The van der Waals surface area contributed by atoms with Gasteiger partial charge in [0.05, 0.1) is 18.2 Å². The number of nitrogens with one attached hydrogen (secondary N) is 1. The Balaban J connectivity index is 1.46.